The first kappa shape index (κ1) is 31.1. The smallest absolute Gasteiger partial charge is 0.425 e. The van der Waals surface area contributed by atoms with Gasteiger partial charge in [0.25, 0.3) is 5.91 Å². The molecule has 0 saturated carbocycles. The quantitative estimate of drug-likeness (QED) is 0.450. The fourth-order valence-electron chi connectivity index (χ4n) is 5.30. The number of hydrogen-bond acceptors (Lipinski definition) is 12. The van der Waals surface area contributed by atoms with Crippen LogP contribution in [0.15, 0.2) is 29.0 Å². The van der Waals surface area contributed by atoms with Crippen molar-refractivity contribution >= 4 is 40.8 Å². The fourth-order valence-corrected chi connectivity index (χ4v) is 5.30. The molecule has 2 atom stereocenters. The van der Waals surface area contributed by atoms with Crippen molar-refractivity contribution in [2.45, 2.75) is 83.5 Å². The van der Waals surface area contributed by atoms with Crippen LogP contribution in [0.1, 0.15) is 78.2 Å². The summed E-state index contributed by atoms with van der Waals surface area (Å²) in [6.45, 7) is 11.8. The molecule has 0 aromatic carbocycles. The van der Waals surface area contributed by atoms with E-state index < -0.39 is 34.9 Å². The first-order valence-corrected chi connectivity index (χ1v) is 14.6. The van der Waals surface area contributed by atoms with Gasteiger partial charge in [-0.3, -0.25) is 4.79 Å². The number of carbonyl (C=O) groups excluding carboxylic acids is 3. The van der Waals surface area contributed by atoms with E-state index in [1.54, 1.807) is 60.7 Å². The van der Waals surface area contributed by atoms with E-state index in [4.69, 9.17) is 19.0 Å². The van der Waals surface area contributed by atoms with Gasteiger partial charge in [-0.2, -0.15) is 4.90 Å². The van der Waals surface area contributed by atoms with Crippen molar-refractivity contribution in [2.75, 3.05) is 36.5 Å². The van der Waals surface area contributed by atoms with E-state index in [0.29, 0.717) is 36.7 Å². The molecule has 2 aliphatic rings. The Morgan fingerprint density at radius 2 is 1.75 bits per heavy atom. The lowest BCUT2D eigenvalue weighted by Crippen LogP contribution is -2.44. The monoisotopic (exact) mass is 609 g/mol. The summed E-state index contributed by atoms with van der Waals surface area (Å²) in [5, 5.41) is 15.2. The van der Waals surface area contributed by atoms with E-state index >= 15 is 0 Å². The van der Waals surface area contributed by atoms with Crippen molar-refractivity contribution in [3.05, 3.63) is 36.0 Å². The topological polar surface area (TPSA) is 164 Å². The summed E-state index contributed by atoms with van der Waals surface area (Å²) in [5.41, 5.74) is -2.20. The number of rotatable bonds is 4. The number of likely N-dealkylation sites (tertiary alicyclic amines) is 1. The number of amides is 3. The predicted molar refractivity (Wildman–Crippen MR) is 159 cm³/mol. The molecule has 0 aliphatic carbocycles. The van der Waals surface area contributed by atoms with Crippen LogP contribution in [0.25, 0.3) is 11.0 Å². The molecule has 0 unspecified atom stereocenters. The number of pyridine rings is 1. The van der Waals surface area contributed by atoms with Gasteiger partial charge in [0.15, 0.2) is 11.6 Å². The van der Waals surface area contributed by atoms with Crippen molar-refractivity contribution in [3.8, 4) is 0 Å². The predicted octanol–water partition coefficient (Wildman–Crippen LogP) is 4.12. The minimum Gasteiger partial charge on any atom is -0.443 e. The van der Waals surface area contributed by atoms with Gasteiger partial charge in [0.1, 0.15) is 28.9 Å². The van der Waals surface area contributed by atoms with Gasteiger partial charge in [0.05, 0.1) is 11.2 Å². The zero-order chi connectivity index (χ0) is 32.0. The number of fused-ring (bicyclic) bond motifs is 1. The highest BCUT2D eigenvalue weighted by molar-refractivity contribution is 6.12. The summed E-state index contributed by atoms with van der Waals surface area (Å²) in [5.74, 6) is 0.212. The number of aromatic nitrogens is 4. The SMILES string of the molecule is CN1CC[C@@](O)(c2cc([C@H]3CCCN(c4ccc5ncnc(N(C(=O)OC(C)(C)C)C(=O)OC(C)(C)C)c5n4)C3)no2)C1=O. The fraction of sp³-hybridized carbons (Fsp3) is 0.567. The second kappa shape index (κ2) is 11.3. The van der Waals surface area contributed by atoms with E-state index in [1.165, 1.54) is 11.2 Å². The Kier molecular flexibility index (Phi) is 7.99. The van der Waals surface area contributed by atoms with E-state index in [-0.39, 0.29) is 29.4 Å². The van der Waals surface area contributed by atoms with Crippen LogP contribution in [-0.4, -0.2) is 86.1 Å². The van der Waals surface area contributed by atoms with Gasteiger partial charge < -0.3 is 28.9 Å². The summed E-state index contributed by atoms with van der Waals surface area (Å²) in [7, 11) is 1.64. The molecule has 3 aromatic heterocycles. The summed E-state index contributed by atoms with van der Waals surface area (Å²) in [4.78, 5) is 56.9. The maximum absolute atomic E-state index is 13.3. The third-order valence-corrected chi connectivity index (χ3v) is 7.42. The van der Waals surface area contributed by atoms with Crippen molar-refractivity contribution in [3.63, 3.8) is 0 Å². The van der Waals surface area contributed by atoms with Crippen molar-refractivity contribution in [1.82, 2.24) is 25.0 Å². The summed E-state index contributed by atoms with van der Waals surface area (Å²) >= 11 is 0. The molecule has 0 bridgehead atoms. The third kappa shape index (κ3) is 6.30. The third-order valence-electron chi connectivity index (χ3n) is 7.42. The van der Waals surface area contributed by atoms with E-state index in [1.807, 2.05) is 6.07 Å². The zero-order valence-corrected chi connectivity index (χ0v) is 26.2. The minimum absolute atomic E-state index is 0.0527. The number of ether oxygens (including phenoxy) is 2. The summed E-state index contributed by atoms with van der Waals surface area (Å²) in [6.07, 6.45) is 1.23. The second-order valence-electron chi connectivity index (χ2n) is 13.3. The van der Waals surface area contributed by atoms with Gasteiger partial charge in [-0.25, -0.2) is 24.5 Å². The van der Waals surface area contributed by atoms with Crippen molar-refractivity contribution in [1.29, 1.82) is 0 Å². The maximum atomic E-state index is 13.3. The number of likely N-dealkylation sites (N-methyl/N-ethyl adjacent to an activating group) is 1. The van der Waals surface area contributed by atoms with Crippen LogP contribution in [-0.2, 0) is 19.9 Å². The lowest BCUT2D eigenvalue weighted by atomic mass is 9.92. The molecule has 2 fully saturated rings. The van der Waals surface area contributed by atoms with Gasteiger partial charge in [-0.1, -0.05) is 5.16 Å². The Morgan fingerprint density at radius 3 is 2.36 bits per heavy atom. The Bertz CT molecular complexity index is 1550. The molecular weight excluding hydrogens is 570 g/mol. The lowest BCUT2D eigenvalue weighted by molar-refractivity contribution is -0.144. The summed E-state index contributed by atoms with van der Waals surface area (Å²) < 4.78 is 16.6. The average molecular weight is 610 g/mol. The molecular formula is C30H39N7O7. The molecule has 3 aromatic rings. The molecule has 2 saturated heterocycles. The van der Waals surface area contributed by atoms with E-state index in [0.717, 1.165) is 17.7 Å². The normalized spacial score (nSPS) is 21.1. The van der Waals surface area contributed by atoms with Gasteiger partial charge in [0, 0.05) is 45.1 Å². The van der Waals surface area contributed by atoms with E-state index in [9.17, 15) is 19.5 Å². The van der Waals surface area contributed by atoms with Crippen LogP contribution in [0, 0.1) is 0 Å². The second-order valence-corrected chi connectivity index (χ2v) is 13.3. The number of carbonyl (C=O) groups is 3. The molecule has 14 heteroatoms. The van der Waals surface area contributed by atoms with Gasteiger partial charge in [-0.05, 0) is 66.5 Å². The Morgan fingerprint density at radius 1 is 1.07 bits per heavy atom. The van der Waals surface area contributed by atoms with Crippen molar-refractivity contribution in [2.24, 2.45) is 0 Å². The maximum Gasteiger partial charge on any atom is 0.425 e. The number of nitrogens with zero attached hydrogens (tertiary/aromatic N) is 7. The number of hydrogen-bond donors (Lipinski definition) is 1. The number of aliphatic hydroxyl groups is 1. The van der Waals surface area contributed by atoms with Crippen LogP contribution < -0.4 is 9.80 Å². The average Bonchev–Trinajstić information content (AvgIpc) is 3.54. The van der Waals surface area contributed by atoms with Gasteiger partial charge in [0.2, 0.25) is 5.60 Å². The van der Waals surface area contributed by atoms with Gasteiger partial charge in [-0.15, -0.1) is 0 Å². The highest BCUT2D eigenvalue weighted by Gasteiger charge is 2.48. The first-order chi connectivity index (χ1) is 20.6. The molecule has 44 heavy (non-hydrogen) atoms. The number of anilines is 2. The lowest BCUT2D eigenvalue weighted by Gasteiger charge is -2.33. The Balaban J connectivity index is 1.45. The van der Waals surface area contributed by atoms with Crippen LogP contribution >= 0.6 is 0 Å². The van der Waals surface area contributed by atoms with Crippen LogP contribution in [0.5, 0.6) is 0 Å². The Hall–Kier alpha value is -4.33. The molecule has 2 aliphatic heterocycles. The molecule has 0 spiro atoms. The molecule has 1 N–H and O–H groups in total. The van der Waals surface area contributed by atoms with Gasteiger partial charge >= 0.3 is 12.2 Å². The van der Waals surface area contributed by atoms with Crippen LogP contribution in [0.4, 0.5) is 21.2 Å². The number of imide groups is 1. The Labute approximate surface area is 255 Å². The molecule has 14 nitrogen and oxygen atoms in total. The van der Waals surface area contributed by atoms with Crippen LogP contribution in [0.3, 0.4) is 0 Å². The molecule has 3 amide bonds. The van der Waals surface area contributed by atoms with Crippen molar-refractivity contribution < 1.29 is 33.5 Å². The summed E-state index contributed by atoms with van der Waals surface area (Å²) in [6, 6.07) is 5.24. The highest BCUT2D eigenvalue weighted by atomic mass is 16.6. The largest absolute Gasteiger partial charge is 0.443 e. The molecule has 0 radical (unpaired) electrons. The minimum atomic E-state index is -1.71. The molecule has 5 heterocycles. The first-order valence-electron chi connectivity index (χ1n) is 14.6. The standard InChI is InChI=1S/C30H39N7O7/c1-28(2,3)42-26(39)37(27(40)43-29(4,5)6)24-23-19(31-17-32-24)10-11-22(33-23)36-13-8-9-18(16-36)20-15-21(44-34-20)30(41)12-14-35(7)25(30)38/h10-11,15,17-18,41H,8-9,12-14,16H2,1-7H3/t18-,30+/m0/s1. The van der Waals surface area contributed by atoms with E-state index in [2.05, 4.69) is 20.0 Å². The molecule has 236 valence electrons. The number of piperidine rings is 1. The zero-order valence-electron chi connectivity index (χ0n) is 26.2. The molecule has 5 rings (SSSR count). The van der Waals surface area contributed by atoms with Crippen LogP contribution in [0.2, 0.25) is 0 Å². The highest BCUT2D eigenvalue weighted by Crippen LogP contribution is 2.36.